The van der Waals surface area contributed by atoms with Crippen LogP contribution in [0.5, 0.6) is 0 Å². The van der Waals surface area contributed by atoms with Crippen molar-refractivity contribution in [2.45, 2.75) is 25.8 Å². The van der Waals surface area contributed by atoms with Crippen LogP contribution < -0.4 is 0 Å². The van der Waals surface area contributed by atoms with E-state index in [1.807, 2.05) is 11.0 Å². The molecule has 0 saturated carbocycles. The molecule has 0 aromatic rings. The molecule has 1 saturated heterocycles. The van der Waals surface area contributed by atoms with Gasteiger partial charge in [0.15, 0.2) is 0 Å². The van der Waals surface area contributed by atoms with Crippen molar-refractivity contribution in [3.05, 3.63) is 12.7 Å². The lowest BCUT2D eigenvalue weighted by Crippen LogP contribution is -2.36. The first kappa shape index (κ1) is 10.3. The topological polar surface area (TPSA) is 40.5 Å². The highest BCUT2D eigenvalue weighted by molar-refractivity contribution is 5.74. The minimum absolute atomic E-state index is 0.289. The first-order valence-electron chi connectivity index (χ1n) is 4.78. The van der Waals surface area contributed by atoms with Crippen LogP contribution in [-0.4, -0.2) is 35.1 Å². The maximum Gasteiger partial charge on any atom is 0.320 e. The molecule has 0 bridgehead atoms. The molecule has 0 radical (unpaired) electrons. The Kier molecular flexibility index (Phi) is 3.48. The van der Waals surface area contributed by atoms with E-state index in [0.717, 1.165) is 25.9 Å². The zero-order valence-electron chi connectivity index (χ0n) is 8.07. The van der Waals surface area contributed by atoms with Crippen molar-refractivity contribution in [2.24, 2.45) is 5.92 Å². The van der Waals surface area contributed by atoms with E-state index in [1.54, 1.807) is 0 Å². The van der Waals surface area contributed by atoms with Gasteiger partial charge in [0.1, 0.15) is 6.04 Å². The molecule has 0 aliphatic carbocycles. The van der Waals surface area contributed by atoms with Crippen LogP contribution in [0.15, 0.2) is 12.7 Å². The summed E-state index contributed by atoms with van der Waals surface area (Å²) in [5.74, 6) is -0.342. The van der Waals surface area contributed by atoms with Crippen LogP contribution in [-0.2, 0) is 4.79 Å². The Bertz CT molecular complexity index is 203. The lowest BCUT2D eigenvalue weighted by Gasteiger charge is -2.19. The van der Waals surface area contributed by atoms with Crippen molar-refractivity contribution in [1.29, 1.82) is 0 Å². The average Bonchev–Trinajstić information content (AvgIpc) is 2.48. The Labute approximate surface area is 79.0 Å². The number of nitrogens with zero attached hydrogens (tertiary/aromatic N) is 1. The van der Waals surface area contributed by atoms with Gasteiger partial charge in [0.2, 0.25) is 0 Å². The fourth-order valence-electron chi connectivity index (χ4n) is 1.90. The number of rotatable bonds is 4. The average molecular weight is 183 g/mol. The molecular formula is C10H17NO2. The van der Waals surface area contributed by atoms with E-state index in [9.17, 15) is 4.79 Å². The van der Waals surface area contributed by atoms with Gasteiger partial charge < -0.3 is 5.11 Å². The maximum absolute atomic E-state index is 10.9. The Morgan fingerprint density at radius 3 is 2.92 bits per heavy atom. The number of carboxylic acids is 1. The van der Waals surface area contributed by atoms with E-state index < -0.39 is 5.97 Å². The third kappa shape index (κ3) is 2.31. The van der Waals surface area contributed by atoms with Crippen molar-refractivity contribution >= 4 is 5.97 Å². The molecule has 2 unspecified atom stereocenters. The summed E-state index contributed by atoms with van der Waals surface area (Å²) in [6.07, 6.45) is 3.60. The minimum atomic E-state index is -0.696. The van der Waals surface area contributed by atoms with Gasteiger partial charge in [-0.2, -0.15) is 0 Å². The van der Waals surface area contributed by atoms with Gasteiger partial charge in [0, 0.05) is 6.54 Å². The molecule has 1 N–H and O–H groups in total. The van der Waals surface area contributed by atoms with E-state index in [-0.39, 0.29) is 6.04 Å². The van der Waals surface area contributed by atoms with Gasteiger partial charge >= 0.3 is 5.97 Å². The van der Waals surface area contributed by atoms with Crippen LogP contribution in [0.1, 0.15) is 19.8 Å². The monoisotopic (exact) mass is 183 g/mol. The molecule has 74 valence electrons. The van der Waals surface area contributed by atoms with Crippen LogP contribution in [0, 0.1) is 5.92 Å². The molecule has 1 rings (SSSR count). The van der Waals surface area contributed by atoms with Crippen LogP contribution in [0.3, 0.4) is 0 Å². The number of hydrogen-bond donors (Lipinski definition) is 1. The predicted molar refractivity (Wildman–Crippen MR) is 51.6 cm³/mol. The van der Waals surface area contributed by atoms with Gasteiger partial charge in [0.05, 0.1) is 0 Å². The standard InChI is InChI=1S/C10H17NO2/c1-3-5-11-7-8(4-2)6-9(11)10(12)13/h4,8-9H,2-3,5-7H2,1H3,(H,12,13). The van der Waals surface area contributed by atoms with E-state index >= 15 is 0 Å². The van der Waals surface area contributed by atoms with Crippen molar-refractivity contribution < 1.29 is 9.90 Å². The molecule has 3 heteroatoms. The van der Waals surface area contributed by atoms with Crippen molar-refractivity contribution in [1.82, 2.24) is 4.90 Å². The molecular weight excluding hydrogens is 166 g/mol. The summed E-state index contributed by atoms with van der Waals surface area (Å²) in [4.78, 5) is 12.9. The molecule has 0 spiro atoms. The number of aliphatic carboxylic acids is 1. The third-order valence-electron chi connectivity index (χ3n) is 2.57. The third-order valence-corrected chi connectivity index (χ3v) is 2.57. The second-order valence-electron chi connectivity index (χ2n) is 3.58. The van der Waals surface area contributed by atoms with Crippen molar-refractivity contribution in [3.63, 3.8) is 0 Å². The molecule has 1 heterocycles. The van der Waals surface area contributed by atoms with Gasteiger partial charge in [-0.05, 0) is 25.3 Å². The lowest BCUT2D eigenvalue weighted by atomic mass is 10.1. The summed E-state index contributed by atoms with van der Waals surface area (Å²) in [5.41, 5.74) is 0. The molecule has 1 aliphatic rings. The Balaban J connectivity index is 2.59. The summed E-state index contributed by atoms with van der Waals surface area (Å²) < 4.78 is 0. The summed E-state index contributed by atoms with van der Waals surface area (Å²) in [5, 5.41) is 8.95. The van der Waals surface area contributed by atoms with E-state index in [0.29, 0.717) is 5.92 Å². The second-order valence-corrected chi connectivity index (χ2v) is 3.58. The highest BCUT2D eigenvalue weighted by Crippen LogP contribution is 2.24. The lowest BCUT2D eigenvalue weighted by molar-refractivity contribution is -0.142. The molecule has 1 aliphatic heterocycles. The highest BCUT2D eigenvalue weighted by Gasteiger charge is 2.34. The Morgan fingerprint density at radius 2 is 2.46 bits per heavy atom. The first-order valence-corrected chi connectivity index (χ1v) is 4.78. The number of carbonyl (C=O) groups is 1. The largest absolute Gasteiger partial charge is 0.480 e. The number of carboxylic acid groups (broad SMARTS) is 1. The van der Waals surface area contributed by atoms with Crippen LogP contribution in [0.4, 0.5) is 0 Å². The summed E-state index contributed by atoms with van der Waals surface area (Å²) >= 11 is 0. The fraction of sp³-hybridized carbons (Fsp3) is 0.700. The first-order chi connectivity index (χ1) is 6.19. The Morgan fingerprint density at radius 1 is 1.77 bits per heavy atom. The maximum atomic E-state index is 10.9. The minimum Gasteiger partial charge on any atom is -0.480 e. The normalized spacial score (nSPS) is 29.0. The van der Waals surface area contributed by atoms with Gasteiger partial charge in [-0.1, -0.05) is 13.0 Å². The van der Waals surface area contributed by atoms with Crippen molar-refractivity contribution in [2.75, 3.05) is 13.1 Å². The smallest absolute Gasteiger partial charge is 0.320 e. The van der Waals surface area contributed by atoms with Crippen molar-refractivity contribution in [3.8, 4) is 0 Å². The fourth-order valence-corrected chi connectivity index (χ4v) is 1.90. The molecule has 13 heavy (non-hydrogen) atoms. The van der Waals surface area contributed by atoms with Crippen LogP contribution in [0.25, 0.3) is 0 Å². The zero-order chi connectivity index (χ0) is 9.84. The SMILES string of the molecule is C=CC1CC(C(=O)O)N(CCC)C1. The predicted octanol–water partition coefficient (Wildman–Crippen LogP) is 1.36. The summed E-state index contributed by atoms with van der Waals surface area (Å²) in [7, 11) is 0. The van der Waals surface area contributed by atoms with Gasteiger partial charge in [-0.25, -0.2) is 0 Å². The molecule has 0 aromatic carbocycles. The second kappa shape index (κ2) is 4.42. The van der Waals surface area contributed by atoms with E-state index in [1.165, 1.54) is 0 Å². The quantitative estimate of drug-likeness (QED) is 0.669. The number of likely N-dealkylation sites (tertiary alicyclic amines) is 1. The molecule has 0 aromatic heterocycles. The van der Waals surface area contributed by atoms with Crippen LogP contribution >= 0.6 is 0 Å². The Hall–Kier alpha value is -0.830. The molecule has 3 nitrogen and oxygen atoms in total. The summed E-state index contributed by atoms with van der Waals surface area (Å²) in [6, 6.07) is -0.289. The number of hydrogen-bond acceptors (Lipinski definition) is 2. The molecule has 0 amide bonds. The highest BCUT2D eigenvalue weighted by atomic mass is 16.4. The van der Waals surface area contributed by atoms with Gasteiger partial charge in [-0.15, -0.1) is 6.58 Å². The molecule has 1 fully saturated rings. The molecule has 2 atom stereocenters. The zero-order valence-corrected chi connectivity index (χ0v) is 8.07. The summed E-state index contributed by atoms with van der Waals surface area (Å²) in [6.45, 7) is 7.51. The van der Waals surface area contributed by atoms with Gasteiger partial charge in [-0.3, -0.25) is 9.69 Å². The van der Waals surface area contributed by atoms with E-state index in [2.05, 4.69) is 13.5 Å². The van der Waals surface area contributed by atoms with Crippen LogP contribution in [0.2, 0.25) is 0 Å². The van der Waals surface area contributed by atoms with Gasteiger partial charge in [0.25, 0.3) is 0 Å². The van der Waals surface area contributed by atoms with E-state index in [4.69, 9.17) is 5.11 Å².